The van der Waals surface area contributed by atoms with Crippen molar-refractivity contribution in [1.29, 1.82) is 0 Å². The molecular formula is C46H40N3O+. The van der Waals surface area contributed by atoms with Crippen LogP contribution in [0.15, 0.2) is 126 Å². The summed E-state index contributed by atoms with van der Waals surface area (Å²) >= 11 is 0. The van der Waals surface area contributed by atoms with Gasteiger partial charge in [0.2, 0.25) is 0 Å². The first-order valence-electron chi connectivity index (χ1n) is 17.7. The predicted octanol–water partition coefficient (Wildman–Crippen LogP) is 11.9. The summed E-state index contributed by atoms with van der Waals surface area (Å²) in [6.07, 6.45) is 0. The molecule has 244 valence electrons. The number of nitrogens with zero attached hydrogens (tertiary/aromatic N) is 3. The van der Waals surface area contributed by atoms with E-state index in [9.17, 15) is 0 Å². The fraction of sp³-hybridized carbons (Fsp3) is 0.174. The van der Waals surface area contributed by atoms with E-state index in [1.807, 2.05) is 0 Å². The number of pyridine rings is 1. The third-order valence-corrected chi connectivity index (χ3v) is 10.5. The van der Waals surface area contributed by atoms with E-state index in [0.717, 1.165) is 55.3 Å². The molecule has 0 N–H and O–H groups in total. The van der Waals surface area contributed by atoms with Crippen LogP contribution in [0, 0.1) is 6.92 Å². The molecule has 4 heteroatoms. The van der Waals surface area contributed by atoms with Crippen LogP contribution >= 0.6 is 0 Å². The normalized spacial score (nSPS) is 12.2. The van der Waals surface area contributed by atoms with Crippen LogP contribution in [0.5, 0.6) is 0 Å². The first-order valence-corrected chi connectivity index (χ1v) is 17.7. The maximum absolute atomic E-state index is 6.92. The Balaban J connectivity index is 1.40. The van der Waals surface area contributed by atoms with Crippen molar-refractivity contribution in [1.82, 2.24) is 9.55 Å². The van der Waals surface area contributed by atoms with E-state index in [2.05, 4.69) is 172 Å². The molecule has 0 saturated heterocycles. The monoisotopic (exact) mass is 650 g/mol. The molecule has 0 aliphatic rings. The van der Waals surface area contributed by atoms with Crippen molar-refractivity contribution < 1.29 is 8.98 Å². The second kappa shape index (κ2) is 11.4. The number of rotatable bonds is 5. The molecule has 0 unspecified atom stereocenters. The third-order valence-electron chi connectivity index (χ3n) is 10.5. The molecule has 0 aliphatic carbocycles. The number of imidazole rings is 1. The van der Waals surface area contributed by atoms with Gasteiger partial charge in [0.25, 0.3) is 5.82 Å². The lowest BCUT2D eigenvalue weighted by Crippen LogP contribution is -2.30. The second-order valence-electron chi connectivity index (χ2n) is 14.3. The van der Waals surface area contributed by atoms with Crippen LogP contribution in [0.1, 0.15) is 56.2 Å². The molecule has 0 fully saturated rings. The van der Waals surface area contributed by atoms with Crippen LogP contribution in [-0.2, 0) is 7.05 Å². The van der Waals surface area contributed by atoms with Gasteiger partial charge in [-0.15, -0.1) is 0 Å². The highest BCUT2D eigenvalue weighted by molar-refractivity contribution is 6.14. The molecule has 4 nitrogen and oxygen atoms in total. The van der Waals surface area contributed by atoms with Gasteiger partial charge in [0.15, 0.2) is 22.2 Å². The summed E-state index contributed by atoms with van der Waals surface area (Å²) in [5, 5.41) is 4.45. The van der Waals surface area contributed by atoms with E-state index >= 15 is 0 Å². The number of para-hydroxylation sites is 2. The molecule has 0 amide bonds. The lowest BCUT2D eigenvalue weighted by Gasteiger charge is -2.21. The highest BCUT2D eigenvalue weighted by atomic mass is 16.3. The van der Waals surface area contributed by atoms with Crippen LogP contribution in [0.25, 0.3) is 83.0 Å². The minimum atomic E-state index is 0.292. The average Bonchev–Trinajstić information content (AvgIpc) is 3.64. The van der Waals surface area contributed by atoms with Gasteiger partial charge in [0.1, 0.15) is 16.8 Å². The van der Waals surface area contributed by atoms with Crippen molar-refractivity contribution in [2.75, 3.05) is 0 Å². The maximum Gasteiger partial charge on any atom is 0.299 e. The largest absolute Gasteiger partial charge is 0.453 e. The Labute approximate surface area is 292 Å². The summed E-state index contributed by atoms with van der Waals surface area (Å²) < 4.78 is 11.8. The molecule has 0 saturated carbocycles. The molecule has 3 heterocycles. The summed E-state index contributed by atoms with van der Waals surface area (Å²) in [6, 6.07) is 43.7. The quantitative estimate of drug-likeness (QED) is 0.137. The van der Waals surface area contributed by atoms with E-state index in [1.54, 1.807) is 0 Å². The summed E-state index contributed by atoms with van der Waals surface area (Å²) in [5.74, 6) is 1.68. The number of aromatic nitrogens is 3. The fourth-order valence-corrected chi connectivity index (χ4v) is 7.96. The van der Waals surface area contributed by atoms with Gasteiger partial charge < -0.3 is 4.42 Å². The number of fused-ring (bicyclic) bond motifs is 7. The minimum Gasteiger partial charge on any atom is -0.453 e. The maximum atomic E-state index is 6.92. The van der Waals surface area contributed by atoms with Crippen LogP contribution < -0.4 is 4.57 Å². The van der Waals surface area contributed by atoms with E-state index in [1.165, 1.54) is 44.4 Å². The molecular weight excluding hydrogens is 611 g/mol. The van der Waals surface area contributed by atoms with Gasteiger partial charge in [0.05, 0.1) is 12.6 Å². The summed E-state index contributed by atoms with van der Waals surface area (Å²) in [4.78, 5) is 5.31. The van der Waals surface area contributed by atoms with Crippen molar-refractivity contribution in [2.45, 2.75) is 46.5 Å². The Morgan fingerprint density at radius 3 is 2.08 bits per heavy atom. The van der Waals surface area contributed by atoms with Crippen molar-refractivity contribution in [3.8, 4) is 28.2 Å². The molecule has 0 atom stereocenters. The van der Waals surface area contributed by atoms with Crippen molar-refractivity contribution in [3.05, 3.63) is 138 Å². The summed E-state index contributed by atoms with van der Waals surface area (Å²) in [6.45, 7) is 11.5. The molecule has 9 rings (SSSR count). The van der Waals surface area contributed by atoms with Gasteiger partial charge >= 0.3 is 0 Å². The Hall–Kier alpha value is -5.74. The summed E-state index contributed by atoms with van der Waals surface area (Å²) in [7, 11) is 2.19. The SMILES string of the molecule is Cc1ccc2c(oc3cc4ccc5ccccc5c4nc32)c1-c1n(-c2c(C(C)C)cc(-c3ccccc3)cc2C(C)C)c2ccccc2[n+]1C. The van der Waals surface area contributed by atoms with Crippen molar-refractivity contribution in [3.63, 3.8) is 0 Å². The smallest absolute Gasteiger partial charge is 0.299 e. The standard InChI is InChI=1S/C46H40N3O/c1-27(2)36-24-33(30-14-8-7-9-15-30)25-37(28(3)4)44(36)49-39-19-13-12-18-38(39)48(6)46(49)41-29(5)20-23-35-43-40(50-45(35)41)26-32-22-21-31-16-10-11-17-34(31)42(32)47-43/h7-28H,1-6H3/q+1. The number of aryl methyl sites for hydroxylation is 2. The zero-order valence-electron chi connectivity index (χ0n) is 29.5. The number of benzene rings is 6. The number of furan rings is 1. The molecule has 0 radical (unpaired) electrons. The number of hydrogen-bond donors (Lipinski definition) is 0. The molecule has 50 heavy (non-hydrogen) atoms. The Bertz CT molecular complexity index is 2750. The van der Waals surface area contributed by atoms with Gasteiger partial charge in [0, 0.05) is 27.3 Å². The molecule has 3 aromatic heterocycles. The summed E-state index contributed by atoms with van der Waals surface area (Å²) in [5.41, 5.74) is 14.5. The van der Waals surface area contributed by atoms with Gasteiger partial charge in [-0.2, -0.15) is 4.57 Å². The van der Waals surface area contributed by atoms with Crippen LogP contribution in [0.4, 0.5) is 0 Å². The van der Waals surface area contributed by atoms with Crippen LogP contribution in [-0.4, -0.2) is 9.55 Å². The van der Waals surface area contributed by atoms with Crippen molar-refractivity contribution in [2.24, 2.45) is 7.05 Å². The lowest BCUT2D eigenvalue weighted by molar-refractivity contribution is -0.633. The van der Waals surface area contributed by atoms with Gasteiger partial charge in [-0.05, 0) is 77.2 Å². The fourth-order valence-electron chi connectivity index (χ4n) is 7.96. The lowest BCUT2D eigenvalue weighted by atomic mass is 9.88. The molecule has 0 aliphatic heterocycles. The highest BCUT2D eigenvalue weighted by Gasteiger charge is 2.34. The highest BCUT2D eigenvalue weighted by Crippen LogP contribution is 2.43. The van der Waals surface area contributed by atoms with E-state index < -0.39 is 0 Å². The van der Waals surface area contributed by atoms with E-state index in [4.69, 9.17) is 9.40 Å². The van der Waals surface area contributed by atoms with Crippen LogP contribution in [0.3, 0.4) is 0 Å². The molecule has 6 aromatic carbocycles. The Kier molecular flexibility index (Phi) is 6.93. The number of hydrogen-bond acceptors (Lipinski definition) is 2. The molecule has 0 bridgehead atoms. The zero-order chi connectivity index (χ0) is 34.3. The zero-order valence-corrected chi connectivity index (χ0v) is 29.5. The third kappa shape index (κ3) is 4.51. The van der Waals surface area contributed by atoms with Gasteiger partial charge in [-0.1, -0.05) is 113 Å². The molecule has 9 aromatic rings. The first kappa shape index (κ1) is 30.3. The second-order valence-corrected chi connectivity index (χ2v) is 14.3. The van der Waals surface area contributed by atoms with Gasteiger partial charge in [-0.25, -0.2) is 9.55 Å². The topological polar surface area (TPSA) is 34.8 Å². The van der Waals surface area contributed by atoms with Gasteiger partial charge in [-0.3, -0.25) is 0 Å². The average molecular weight is 651 g/mol. The predicted molar refractivity (Wildman–Crippen MR) is 208 cm³/mol. The molecule has 0 spiro atoms. The van der Waals surface area contributed by atoms with Crippen LogP contribution in [0.2, 0.25) is 0 Å². The van der Waals surface area contributed by atoms with E-state index in [0.29, 0.717) is 11.8 Å². The Morgan fingerprint density at radius 2 is 1.32 bits per heavy atom. The van der Waals surface area contributed by atoms with Crippen molar-refractivity contribution >= 4 is 54.8 Å². The minimum absolute atomic E-state index is 0.292. The van der Waals surface area contributed by atoms with E-state index in [-0.39, 0.29) is 0 Å². The first-order chi connectivity index (χ1) is 24.3. The Morgan fingerprint density at radius 1 is 0.640 bits per heavy atom.